The van der Waals surface area contributed by atoms with Crippen LogP contribution >= 0.6 is 0 Å². The van der Waals surface area contributed by atoms with Crippen LogP contribution in [0.5, 0.6) is 5.75 Å². The SMILES string of the molecule is Fc1cccc(N=CC2=C(Nc3cccc(F)c3)c3ccccc3OC2)c1. The molecule has 4 rings (SSSR count). The first-order valence-electron chi connectivity index (χ1n) is 8.46. The van der Waals surface area contributed by atoms with Gasteiger partial charge in [0.1, 0.15) is 24.0 Å². The molecule has 0 amide bonds. The molecule has 0 radical (unpaired) electrons. The number of nitrogens with zero attached hydrogens (tertiary/aromatic N) is 1. The second kappa shape index (κ2) is 7.41. The molecule has 0 atom stereocenters. The lowest BCUT2D eigenvalue weighted by Crippen LogP contribution is -2.16. The van der Waals surface area contributed by atoms with Crippen LogP contribution in [0.2, 0.25) is 0 Å². The van der Waals surface area contributed by atoms with Crippen molar-refractivity contribution in [1.82, 2.24) is 0 Å². The van der Waals surface area contributed by atoms with Crippen molar-refractivity contribution in [3.63, 3.8) is 0 Å². The predicted molar refractivity (Wildman–Crippen MR) is 103 cm³/mol. The van der Waals surface area contributed by atoms with E-state index in [9.17, 15) is 8.78 Å². The van der Waals surface area contributed by atoms with Gasteiger partial charge in [-0.3, -0.25) is 4.99 Å². The van der Waals surface area contributed by atoms with Gasteiger partial charge in [-0.1, -0.05) is 24.3 Å². The number of benzene rings is 3. The normalized spacial score (nSPS) is 13.4. The number of rotatable bonds is 4. The maximum atomic E-state index is 13.6. The Hall–Kier alpha value is -3.47. The van der Waals surface area contributed by atoms with Gasteiger partial charge < -0.3 is 10.1 Å². The van der Waals surface area contributed by atoms with Crippen LogP contribution in [0, 0.1) is 11.6 Å². The van der Waals surface area contributed by atoms with Gasteiger partial charge in [-0.25, -0.2) is 8.78 Å². The van der Waals surface area contributed by atoms with E-state index in [1.165, 1.54) is 24.3 Å². The number of aliphatic imine (C=N–C) groups is 1. The summed E-state index contributed by atoms with van der Waals surface area (Å²) in [5, 5.41) is 3.27. The van der Waals surface area contributed by atoms with Gasteiger partial charge in [-0.15, -0.1) is 0 Å². The average molecular weight is 362 g/mol. The summed E-state index contributed by atoms with van der Waals surface area (Å²) in [6, 6.07) is 19.9. The van der Waals surface area contributed by atoms with Crippen LogP contribution in [-0.2, 0) is 0 Å². The first kappa shape index (κ1) is 17.0. The molecule has 0 saturated carbocycles. The van der Waals surface area contributed by atoms with Crippen LogP contribution < -0.4 is 10.1 Å². The van der Waals surface area contributed by atoms with E-state index in [0.717, 1.165) is 22.6 Å². The molecule has 1 heterocycles. The maximum Gasteiger partial charge on any atom is 0.129 e. The molecular formula is C22H16F2N2O. The molecule has 0 aromatic heterocycles. The lowest BCUT2D eigenvalue weighted by molar-refractivity contribution is 0.352. The molecule has 5 heteroatoms. The Morgan fingerprint density at radius 3 is 2.48 bits per heavy atom. The molecule has 0 saturated heterocycles. The van der Waals surface area contributed by atoms with E-state index in [1.807, 2.05) is 24.3 Å². The van der Waals surface area contributed by atoms with Gasteiger partial charge in [-0.2, -0.15) is 0 Å². The number of nitrogens with one attached hydrogen (secondary N) is 1. The number of para-hydroxylation sites is 1. The highest BCUT2D eigenvalue weighted by Gasteiger charge is 2.19. The van der Waals surface area contributed by atoms with Gasteiger partial charge in [0.15, 0.2) is 0 Å². The molecule has 0 fully saturated rings. The van der Waals surface area contributed by atoms with Gasteiger partial charge in [0.25, 0.3) is 0 Å². The summed E-state index contributed by atoms with van der Waals surface area (Å²) < 4.78 is 32.8. The van der Waals surface area contributed by atoms with Crippen molar-refractivity contribution in [2.75, 3.05) is 11.9 Å². The standard InChI is InChI=1S/C22H16F2N2O/c23-16-5-3-7-18(11-16)25-13-15-14-27-21-10-2-1-9-20(21)22(15)26-19-8-4-6-17(24)12-19/h1-13,26H,14H2. The zero-order valence-corrected chi connectivity index (χ0v) is 14.3. The summed E-state index contributed by atoms with van der Waals surface area (Å²) in [6.07, 6.45) is 1.65. The number of ether oxygens (including phenoxy) is 1. The van der Waals surface area contributed by atoms with E-state index >= 15 is 0 Å². The van der Waals surface area contributed by atoms with Gasteiger partial charge in [-0.05, 0) is 48.5 Å². The van der Waals surface area contributed by atoms with Crippen LogP contribution in [0.1, 0.15) is 5.56 Å². The molecule has 0 aliphatic carbocycles. The first-order chi connectivity index (χ1) is 13.2. The maximum absolute atomic E-state index is 13.6. The van der Waals surface area contributed by atoms with E-state index < -0.39 is 0 Å². The van der Waals surface area contributed by atoms with E-state index in [1.54, 1.807) is 30.5 Å². The minimum absolute atomic E-state index is 0.299. The lowest BCUT2D eigenvalue weighted by atomic mass is 10.0. The van der Waals surface area contributed by atoms with Crippen LogP contribution in [-0.4, -0.2) is 12.8 Å². The summed E-state index contributed by atoms with van der Waals surface area (Å²) in [4.78, 5) is 4.36. The summed E-state index contributed by atoms with van der Waals surface area (Å²) in [6.45, 7) is 0.299. The number of hydrogen-bond donors (Lipinski definition) is 1. The molecule has 0 bridgehead atoms. The zero-order chi connectivity index (χ0) is 18.6. The predicted octanol–water partition coefficient (Wildman–Crippen LogP) is 5.58. The Balaban J connectivity index is 1.75. The largest absolute Gasteiger partial charge is 0.488 e. The third-order valence-electron chi connectivity index (χ3n) is 4.13. The van der Waals surface area contributed by atoms with Gasteiger partial charge >= 0.3 is 0 Å². The van der Waals surface area contributed by atoms with E-state index in [0.29, 0.717) is 18.0 Å². The minimum Gasteiger partial charge on any atom is -0.488 e. The Labute approximate surface area is 155 Å². The monoisotopic (exact) mass is 362 g/mol. The van der Waals surface area contributed by atoms with Crippen molar-refractivity contribution < 1.29 is 13.5 Å². The fraction of sp³-hybridized carbons (Fsp3) is 0.0455. The fourth-order valence-electron chi connectivity index (χ4n) is 2.87. The Bertz CT molecular complexity index is 1040. The summed E-state index contributed by atoms with van der Waals surface area (Å²) in [5.41, 5.74) is 3.54. The highest BCUT2D eigenvalue weighted by molar-refractivity contribution is 5.97. The number of anilines is 1. The van der Waals surface area contributed by atoms with Crippen LogP contribution in [0.25, 0.3) is 5.70 Å². The van der Waals surface area contributed by atoms with E-state index in [2.05, 4.69) is 10.3 Å². The Morgan fingerprint density at radius 1 is 0.889 bits per heavy atom. The third kappa shape index (κ3) is 3.87. The smallest absolute Gasteiger partial charge is 0.129 e. The molecule has 3 aromatic rings. The summed E-state index contributed by atoms with van der Waals surface area (Å²) >= 11 is 0. The second-order valence-corrected chi connectivity index (χ2v) is 6.06. The van der Waals surface area contributed by atoms with Crippen molar-refractivity contribution in [1.29, 1.82) is 0 Å². The quantitative estimate of drug-likeness (QED) is 0.615. The molecule has 27 heavy (non-hydrogen) atoms. The molecule has 0 unspecified atom stereocenters. The van der Waals surface area contributed by atoms with E-state index in [4.69, 9.17) is 4.74 Å². The van der Waals surface area contributed by atoms with Crippen molar-refractivity contribution in [2.45, 2.75) is 0 Å². The third-order valence-corrected chi connectivity index (χ3v) is 4.13. The van der Waals surface area contributed by atoms with Gasteiger partial charge in [0.05, 0.1) is 11.4 Å². The molecule has 0 spiro atoms. The highest BCUT2D eigenvalue weighted by atomic mass is 19.1. The molecule has 1 N–H and O–H groups in total. The lowest BCUT2D eigenvalue weighted by Gasteiger charge is -2.23. The topological polar surface area (TPSA) is 33.6 Å². The first-order valence-corrected chi connectivity index (χ1v) is 8.46. The number of hydrogen-bond acceptors (Lipinski definition) is 3. The van der Waals surface area contributed by atoms with Gasteiger partial charge in [0.2, 0.25) is 0 Å². The highest BCUT2D eigenvalue weighted by Crippen LogP contribution is 2.33. The Morgan fingerprint density at radius 2 is 1.67 bits per heavy atom. The van der Waals surface area contributed by atoms with Crippen molar-refractivity contribution in [2.24, 2.45) is 4.99 Å². The molecule has 1 aliphatic rings. The average Bonchev–Trinajstić information content (AvgIpc) is 2.67. The minimum atomic E-state index is -0.345. The number of fused-ring (bicyclic) bond motifs is 1. The van der Waals surface area contributed by atoms with Crippen LogP contribution in [0.4, 0.5) is 20.2 Å². The second-order valence-electron chi connectivity index (χ2n) is 6.06. The van der Waals surface area contributed by atoms with Gasteiger partial charge in [0, 0.05) is 23.0 Å². The van der Waals surface area contributed by atoms with Crippen molar-refractivity contribution >= 4 is 23.3 Å². The van der Waals surface area contributed by atoms with Crippen LogP contribution in [0.15, 0.2) is 83.4 Å². The van der Waals surface area contributed by atoms with Crippen molar-refractivity contribution in [3.05, 3.63) is 95.6 Å². The van der Waals surface area contributed by atoms with E-state index in [-0.39, 0.29) is 11.6 Å². The fourth-order valence-corrected chi connectivity index (χ4v) is 2.87. The number of halogens is 2. The molecule has 3 aromatic carbocycles. The summed E-state index contributed by atoms with van der Waals surface area (Å²) in [5.74, 6) is 0.0669. The van der Waals surface area contributed by atoms with Crippen molar-refractivity contribution in [3.8, 4) is 5.75 Å². The molecule has 1 aliphatic heterocycles. The summed E-state index contributed by atoms with van der Waals surface area (Å²) in [7, 11) is 0. The zero-order valence-electron chi connectivity index (χ0n) is 14.3. The molecule has 3 nitrogen and oxygen atoms in total. The Kier molecular flexibility index (Phi) is 4.66. The molecule has 134 valence electrons. The molecular weight excluding hydrogens is 346 g/mol. The van der Waals surface area contributed by atoms with Crippen LogP contribution in [0.3, 0.4) is 0 Å².